The number of amides is 1. The predicted octanol–water partition coefficient (Wildman–Crippen LogP) is 2.46. The zero-order valence-corrected chi connectivity index (χ0v) is 11.0. The van der Waals surface area contributed by atoms with Crippen molar-refractivity contribution in [3.63, 3.8) is 0 Å². The lowest BCUT2D eigenvalue weighted by Gasteiger charge is -2.23. The molecule has 1 aromatic carbocycles. The third-order valence-electron chi connectivity index (χ3n) is 4.45. The molecule has 1 aliphatic carbocycles. The highest BCUT2D eigenvalue weighted by atomic mass is 16.4. The number of hydrogen-bond acceptors (Lipinski definition) is 2. The first-order valence-corrected chi connectivity index (χ1v) is 6.75. The Labute approximate surface area is 112 Å². The van der Waals surface area contributed by atoms with E-state index in [0.717, 1.165) is 36.9 Å². The van der Waals surface area contributed by atoms with Crippen molar-refractivity contribution in [2.75, 3.05) is 11.4 Å². The summed E-state index contributed by atoms with van der Waals surface area (Å²) in [5, 5.41) is 8.99. The van der Waals surface area contributed by atoms with Crippen LogP contribution in [-0.4, -0.2) is 23.5 Å². The topological polar surface area (TPSA) is 57.6 Å². The zero-order chi connectivity index (χ0) is 13.6. The Morgan fingerprint density at radius 3 is 2.68 bits per heavy atom. The molecule has 19 heavy (non-hydrogen) atoms. The van der Waals surface area contributed by atoms with Crippen molar-refractivity contribution < 1.29 is 14.7 Å². The van der Waals surface area contributed by atoms with E-state index in [9.17, 15) is 9.59 Å². The Balaban J connectivity index is 1.90. The van der Waals surface area contributed by atoms with Crippen molar-refractivity contribution in [1.82, 2.24) is 0 Å². The molecular weight excluding hydrogens is 242 g/mol. The maximum absolute atomic E-state index is 12.6. The SMILES string of the molecule is CCC1(C(=O)N2CCc3cc(C(=O)O)ccc32)CC1. The molecule has 1 aromatic rings. The monoisotopic (exact) mass is 259 g/mol. The van der Waals surface area contributed by atoms with Crippen molar-refractivity contribution >= 4 is 17.6 Å². The first-order chi connectivity index (χ1) is 9.07. The first kappa shape index (κ1) is 12.2. The van der Waals surface area contributed by atoms with E-state index in [-0.39, 0.29) is 11.3 Å². The van der Waals surface area contributed by atoms with Crippen LogP contribution in [0.5, 0.6) is 0 Å². The fourth-order valence-electron chi connectivity index (χ4n) is 2.90. The summed E-state index contributed by atoms with van der Waals surface area (Å²) in [6.07, 6.45) is 3.62. The van der Waals surface area contributed by atoms with Crippen LogP contribution in [0.3, 0.4) is 0 Å². The molecule has 0 spiro atoms. The van der Waals surface area contributed by atoms with Gasteiger partial charge in [-0.25, -0.2) is 4.79 Å². The molecule has 3 rings (SSSR count). The summed E-state index contributed by atoms with van der Waals surface area (Å²) in [6, 6.07) is 5.05. The van der Waals surface area contributed by atoms with E-state index in [2.05, 4.69) is 6.92 Å². The van der Waals surface area contributed by atoms with Crippen LogP contribution in [0, 0.1) is 5.41 Å². The number of aromatic carboxylic acids is 1. The van der Waals surface area contributed by atoms with Gasteiger partial charge < -0.3 is 10.0 Å². The molecule has 0 unspecified atom stereocenters. The summed E-state index contributed by atoms with van der Waals surface area (Å²) in [6.45, 7) is 2.74. The zero-order valence-electron chi connectivity index (χ0n) is 11.0. The molecule has 0 saturated heterocycles. The summed E-state index contributed by atoms with van der Waals surface area (Å²) in [5.41, 5.74) is 2.03. The van der Waals surface area contributed by atoms with Gasteiger partial charge in [0.25, 0.3) is 0 Å². The van der Waals surface area contributed by atoms with E-state index in [0.29, 0.717) is 12.1 Å². The highest BCUT2D eigenvalue weighted by Gasteiger charge is 2.50. The second-order valence-electron chi connectivity index (χ2n) is 5.49. The van der Waals surface area contributed by atoms with Crippen LogP contribution < -0.4 is 4.90 Å². The van der Waals surface area contributed by atoms with Gasteiger partial charge in [-0.05, 0) is 49.4 Å². The molecule has 100 valence electrons. The summed E-state index contributed by atoms with van der Waals surface area (Å²) in [4.78, 5) is 25.3. The summed E-state index contributed by atoms with van der Waals surface area (Å²) >= 11 is 0. The van der Waals surface area contributed by atoms with Crippen molar-refractivity contribution in [1.29, 1.82) is 0 Å². The number of rotatable bonds is 3. The van der Waals surface area contributed by atoms with Crippen LogP contribution in [0.2, 0.25) is 0 Å². The van der Waals surface area contributed by atoms with Gasteiger partial charge in [0.05, 0.1) is 5.56 Å². The molecule has 0 aromatic heterocycles. The lowest BCUT2D eigenvalue weighted by Crippen LogP contribution is -2.35. The number of carboxylic acid groups (broad SMARTS) is 1. The average molecular weight is 259 g/mol. The lowest BCUT2D eigenvalue weighted by atomic mass is 10.0. The van der Waals surface area contributed by atoms with Crippen molar-refractivity contribution in [2.45, 2.75) is 32.6 Å². The molecule has 0 bridgehead atoms. The maximum atomic E-state index is 12.6. The standard InChI is InChI=1S/C15H17NO3/c1-2-15(6-7-15)14(19)16-8-5-10-9-11(13(17)18)3-4-12(10)16/h3-4,9H,2,5-8H2,1H3,(H,17,18). The number of anilines is 1. The van der Waals surface area contributed by atoms with Gasteiger partial charge in [-0.15, -0.1) is 0 Å². The highest BCUT2D eigenvalue weighted by Crippen LogP contribution is 2.51. The molecule has 0 radical (unpaired) electrons. The molecule has 1 saturated carbocycles. The van der Waals surface area contributed by atoms with Gasteiger partial charge in [0.1, 0.15) is 0 Å². The van der Waals surface area contributed by atoms with E-state index in [1.54, 1.807) is 18.2 Å². The van der Waals surface area contributed by atoms with Crippen LogP contribution in [-0.2, 0) is 11.2 Å². The molecule has 4 nitrogen and oxygen atoms in total. The normalized spacial score (nSPS) is 19.1. The smallest absolute Gasteiger partial charge is 0.335 e. The third-order valence-corrected chi connectivity index (χ3v) is 4.45. The first-order valence-electron chi connectivity index (χ1n) is 6.75. The minimum absolute atomic E-state index is 0.132. The van der Waals surface area contributed by atoms with Crippen LogP contribution in [0.25, 0.3) is 0 Å². The molecule has 1 N–H and O–H groups in total. The number of carbonyl (C=O) groups is 2. The van der Waals surface area contributed by atoms with Crippen molar-refractivity contribution in [3.8, 4) is 0 Å². The van der Waals surface area contributed by atoms with Crippen LogP contribution in [0.1, 0.15) is 42.1 Å². The second kappa shape index (κ2) is 4.08. The average Bonchev–Trinajstić information content (AvgIpc) is 3.10. The molecule has 1 heterocycles. The van der Waals surface area contributed by atoms with E-state index in [1.165, 1.54) is 0 Å². The number of nitrogens with zero attached hydrogens (tertiary/aromatic N) is 1. The molecule has 1 aliphatic heterocycles. The van der Waals surface area contributed by atoms with Crippen LogP contribution in [0.4, 0.5) is 5.69 Å². The van der Waals surface area contributed by atoms with Gasteiger partial charge in [-0.2, -0.15) is 0 Å². The van der Waals surface area contributed by atoms with E-state index < -0.39 is 5.97 Å². The molecule has 1 amide bonds. The van der Waals surface area contributed by atoms with Gasteiger partial charge in [0.2, 0.25) is 5.91 Å². The Bertz CT molecular complexity index is 561. The van der Waals surface area contributed by atoms with Crippen LogP contribution in [0.15, 0.2) is 18.2 Å². The van der Waals surface area contributed by atoms with Gasteiger partial charge in [-0.3, -0.25) is 4.79 Å². The van der Waals surface area contributed by atoms with E-state index in [4.69, 9.17) is 5.11 Å². The minimum atomic E-state index is -0.917. The quantitative estimate of drug-likeness (QED) is 0.907. The number of carbonyl (C=O) groups excluding carboxylic acids is 1. The Kier molecular flexibility index (Phi) is 2.62. The minimum Gasteiger partial charge on any atom is -0.478 e. The molecular formula is C15H17NO3. The fraction of sp³-hybridized carbons (Fsp3) is 0.467. The van der Waals surface area contributed by atoms with Crippen molar-refractivity contribution in [3.05, 3.63) is 29.3 Å². The van der Waals surface area contributed by atoms with Gasteiger partial charge in [0, 0.05) is 17.6 Å². The van der Waals surface area contributed by atoms with Crippen molar-refractivity contribution in [2.24, 2.45) is 5.41 Å². The van der Waals surface area contributed by atoms with Gasteiger partial charge in [0.15, 0.2) is 0 Å². The maximum Gasteiger partial charge on any atom is 0.335 e. The molecule has 4 heteroatoms. The number of fused-ring (bicyclic) bond motifs is 1. The van der Waals surface area contributed by atoms with Gasteiger partial charge >= 0.3 is 5.97 Å². The molecule has 1 fully saturated rings. The highest BCUT2D eigenvalue weighted by molar-refractivity contribution is 6.01. The Morgan fingerprint density at radius 1 is 1.37 bits per heavy atom. The number of hydrogen-bond donors (Lipinski definition) is 1. The van der Waals surface area contributed by atoms with Gasteiger partial charge in [-0.1, -0.05) is 6.92 Å². The Hall–Kier alpha value is -1.84. The van der Waals surface area contributed by atoms with Crippen LogP contribution >= 0.6 is 0 Å². The number of benzene rings is 1. The molecule has 2 aliphatic rings. The second-order valence-corrected chi connectivity index (χ2v) is 5.49. The molecule has 0 atom stereocenters. The van der Waals surface area contributed by atoms with E-state index in [1.807, 2.05) is 4.90 Å². The fourth-order valence-corrected chi connectivity index (χ4v) is 2.90. The summed E-state index contributed by atoms with van der Waals surface area (Å²) in [7, 11) is 0. The third kappa shape index (κ3) is 1.82. The number of carboxylic acids is 1. The summed E-state index contributed by atoms with van der Waals surface area (Å²) in [5.74, 6) is -0.698. The van der Waals surface area contributed by atoms with E-state index >= 15 is 0 Å². The lowest BCUT2D eigenvalue weighted by molar-refractivity contribution is -0.123. The summed E-state index contributed by atoms with van der Waals surface area (Å²) < 4.78 is 0. The Morgan fingerprint density at radius 2 is 2.11 bits per heavy atom. The predicted molar refractivity (Wildman–Crippen MR) is 71.4 cm³/mol. The largest absolute Gasteiger partial charge is 0.478 e.